The predicted octanol–water partition coefficient (Wildman–Crippen LogP) is 2.19. The van der Waals surface area contributed by atoms with Gasteiger partial charge in [0.1, 0.15) is 29.7 Å². The number of nitrogens with one attached hydrogen (secondary N) is 1. The lowest BCUT2D eigenvalue weighted by molar-refractivity contribution is 0.395. The molecule has 0 amide bonds. The molecular weight excluding hydrogens is 270 g/mol. The van der Waals surface area contributed by atoms with Crippen LogP contribution < -0.4 is 14.8 Å². The number of fused-ring (bicyclic) bond motifs is 1. The highest BCUT2D eigenvalue weighted by Crippen LogP contribution is 2.28. The molecule has 0 saturated carbocycles. The highest BCUT2D eigenvalue weighted by Gasteiger charge is 2.10. The molecule has 0 saturated heterocycles. The molecule has 0 atom stereocenters. The lowest BCUT2D eigenvalue weighted by Crippen LogP contribution is -2.00. The van der Waals surface area contributed by atoms with Gasteiger partial charge in [-0.3, -0.25) is 0 Å². The lowest BCUT2D eigenvalue weighted by atomic mass is 10.2. The van der Waals surface area contributed by atoms with Crippen molar-refractivity contribution in [3.05, 3.63) is 36.5 Å². The summed E-state index contributed by atoms with van der Waals surface area (Å²) >= 11 is 0. The van der Waals surface area contributed by atoms with E-state index in [0.717, 1.165) is 16.9 Å². The van der Waals surface area contributed by atoms with Crippen molar-refractivity contribution in [1.82, 2.24) is 19.6 Å². The zero-order valence-electron chi connectivity index (χ0n) is 12.0. The first kappa shape index (κ1) is 13.2. The van der Waals surface area contributed by atoms with Gasteiger partial charge in [0, 0.05) is 23.9 Å². The first-order chi connectivity index (χ1) is 10.2. The van der Waals surface area contributed by atoms with Crippen LogP contribution in [0.1, 0.15) is 5.69 Å². The van der Waals surface area contributed by atoms with E-state index >= 15 is 0 Å². The van der Waals surface area contributed by atoms with Gasteiger partial charge in [-0.15, -0.1) is 0 Å². The predicted molar refractivity (Wildman–Crippen MR) is 78.3 cm³/mol. The molecule has 0 unspecified atom stereocenters. The van der Waals surface area contributed by atoms with Crippen LogP contribution >= 0.6 is 0 Å². The van der Waals surface area contributed by atoms with E-state index in [1.807, 2.05) is 25.1 Å². The minimum absolute atomic E-state index is 0.676. The van der Waals surface area contributed by atoms with E-state index in [-0.39, 0.29) is 0 Å². The van der Waals surface area contributed by atoms with E-state index in [4.69, 9.17) is 9.47 Å². The van der Waals surface area contributed by atoms with Crippen LogP contribution in [-0.2, 0) is 0 Å². The van der Waals surface area contributed by atoms with Crippen LogP contribution in [0.25, 0.3) is 5.52 Å². The topological polar surface area (TPSA) is 73.6 Å². The molecule has 1 aromatic carbocycles. The van der Waals surface area contributed by atoms with Crippen LogP contribution in [0.15, 0.2) is 30.9 Å². The molecule has 0 aliphatic heterocycles. The van der Waals surface area contributed by atoms with Crippen molar-refractivity contribution in [3.63, 3.8) is 0 Å². The van der Waals surface area contributed by atoms with Crippen molar-refractivity contribution < 1.29 is 9.47 Å². The number of methoxy groups -OCH3 is 2. The maximum Gasteiger partial charge on any atom is 0.160 e. The normalized spacial score (nSPS) is 10.6. The van der Waals surface area contributed by atoms with Gasteiger partial charge in [0.25, 0.3) is 0 Å². The van der Waals surface area contributed by atoms with E-state index in [1.54, 1.807) is 25.1 Å². The Morgan fingerprint density at radius 1 is 1.05 bits per heavy atom. The average molecular weight is 285 g/mol. The number of aromatic nitrogens is 4. The fourth-order valence-electron chi connectivity index (χ4n) is 2.10. The zero-order chi connectivity index (χ0) is 14.8. The summed E-state index contributed by atoms with van der Waals surface area (Å²) in [4.78, 5) is 8.52. The molecule has 7 nitrogen and oxygen atoms in total. The number of anilines is 2. The highest BCUT2D eigenvalue weighted by atomic mass is 16.5. The number of ether oxygens (including phenoxy) is 2. The lowest BCUT2D eigenvalue weighted by Gasteiger charge is -2.11. The Hall–Kier alpha value is -2.83. The van der Waals surface area contributed by atoms with Crippen LogP contribution in [0, 0.1) is 6.92 Å². The molecular formula is C14H15N5O2. The minimum atomic E-state index is 0.676. The Kier molecular flexibility index (Phi) is 3.31. The first-order valence-electron chi connectivity index (χ1n) is 6.36. The van der Waals surface area contributed by atoms with Crippen molar-refractivity contribution in [2.24, 2.45) is 0 Å². The second-order valence-corrected chi connectivity index (χ2v) is 4.46. The molecule has 0 spiro atoms. The maximum atomic E-state index is 5.26. The summed E-state index contributed by atoms with van der Waals surface area (Å²) in [6.45, 7) is 1.91. The summed E-state index contributed by atoms with van der Waals surface area (Å²) in [7, 11) is 3.23. The number of nitrogens with zero attached hydrogens (tertiary/aromatic N) is 4. The third-order valence-corrected chi connectivity index (χ3v) is 3.13. The van der Waals surface area contributed by atoms with Gasteiger partial charge in [-0.05, 0) is 6.92 Å². The summed E-state index contributed by atoms with van der Waals surface area (Å²) in [6.07, 6.45) is 3.14. The van der Waals surface area contributed by atoms with Gasteiger partial charge in [-0.1, -0.05) is 0 Å². The Balaban J connectivity index is 2.04. The molecule has 0 fully saturated rings. The summed E-state index contributed by atoms with van der Waals surface area (Å²) < 4.78 is 12.2. The number of hydrogen-bond donors (Lipinski definition) is 1. The smallest absolute Gasteiger partial charge is 0.160 e. The van der Waals surface area contributed by atoms with E-state index in [9.17, 15) is 0 Å². The van der Waals surface area contributed by atoms with Gasteiger partial charge in [0.2, 0.25) is 0 Å². The van der Waals surface area contributed by atoms with Crippen LogP contribution in [0.5, 0.6) is 11.5 Å². The van der Waals surface area contributed by atoms with Gasteiger partial charge in [0.05, 0.1) is 19.9 Å². The largest absolute Gasteiger partial charge is 0.497 e. The Morgan fingerprint density at radius 2 is 1.76 bits per heavy atom. The van der Waals surface area contributed by atoms with E-state index in [2.05, 4.69) is 20.4 Å². The molecule has 2 aromatic heterocycles. The van der Waals surface area contributed by atoms with Gasteiger partial charge < -0.3 is 14.8 Å². The fraction of sp³-hybridized carbons (Fsp3) is 0.214. The Bertz CT molecular complexity index is 762. The zero-order valence-corrected chi connectivity index (χ0v) is 12.0. The number of hydrogen-bond acceptors (Lipinski definition) is 6. The maximum absolute atomic E-state index is 5.26. The quantitative estimate of drug-likeness (QED) is 0.792. The van der Waals surface area contributed by atoms with Crippen molar-refractivity contribution >= 4 is 17.0 Å². The fourth-order valence-corrected chi connectivity index (χ4v) is 2.10. The molecule has 1 N–H and O–H groups in total. The minimum Gasteiger partial charge on any atom is -0.497 e. The molecule has 0 aliphatic rings. The van der Waals surface area contributed by atoms with E-state index in [0.29, 0.717) is 17.3 Å². The van der Waals surface area contributed by atoms with Gasteiger partial charge in [-0.2, -0.15) is 5.10 Å². The Morgan fingerprint density at radius 3 is 2.43 bits per heavy atom. The summed E-state index contributed by atoms with van der Waals surface area (Å²) in [6, 6.07) is 5.55. The SMILES string of the molecule is COc1cc(Nc2ncnn3cnc(C)c23)cc(OC)c1. The second kappa shape index (κ2) is 5.28. The summed E-state index contributed by atoms with van der Waals surface area (Å²) in [5.41, 5.74) is 2.50. The molecule has 108 valence electrons. The molecule has 2 heterocycles. The van der Waals surface area contributed by atoms with Gasteiger partial charge >= 0.3 is 0 Å². The molecule has 3 rings (SSSR count). The molecule has 3 aromatic rings. The third kappa shape index (κ3) is 2.45. The molecule has 0 bridgehead atoms. The number of benzene rings is 1. The number of rotatable bonds is 4. The average Bonchev–Trinajstić information content (AvgIpc) is 2.89. The third-order valence-electron chi connectivity index (χ3n) is 3.13. The first-order valence-corrected chi connectivity index (χ1v) is 6.36. The van der Waals surface area contributed by atoms with Gasteiger partial charge in [0.15, 0.2) is 5.82 Å². The van der Waals surface area contributed by atoms with Crippen molar-refractivity contribution in [2.75, 3.05) is 19.5 Å². The molecule has 7 heteroatoms. The van der Waals surface area contributed by atoms with E-state index in [1.165, 1.54) is 6.33 Å². The summed E-state index contributed by atoms with van der Waals surface area (Å²) in [5, 5.41) is 7.38. The summed E-state index contributed by atoms with van der Waals surface area (Å²) in [5.74, 6) is 2.08. The van der Waals surface area contributed by atoms with Crippen LogP contribution in [0.3, 0.4) is 0 Å². The van der Waals surface area contributed by atoms with Gasteiger partial charge in [-0.25, -0.2) is 14.5 Å². The Labute approximate surface area is 121 Å². The standard InChI is InChI=1S/C14H15N5O2/c1-9-13-14(15-7-17-19(13)8-16-9)18-10-4-11(20-2)6-12(5-10)21-3/h4-8H,1-3H3,(H,15,17,18). The molecule has 0 radical (unpaired) electrons. The monoisotopic (exact) mass is 285 g/mol. The van der Waals surface area contributed by atoms with Crippen molar-refractivity contribution in [1.29, 1.82) is 0 Å². The molecule has 0 aliphatic carbocycles. The van der Waals surface area contributed by atoms with Crippen LogP contribution in [-0.4, -0.2) is 33.8 Å². The van der Waals surface area contributed by atoms with Crippen molar-refractivity contribution in [2.45, 2.75) is 6.92 Å². The molecule has 21 heavy (non-hydrogen) atoms. The number of aryl methyl sites for hydroxylation is 1. The van der Waals surface area contributed by atoms with Crippen LogP contribution in [0.2, 0.25) is 0 Å². The van der Waals surface area contributed by atoms with E-state index < -0.39 is 0 Å². The van der Waals surface area contributed by atoms with Crippen molar-refractivity contribution in [3.8, 4) is 11.5 Å². The number of imidazole rings is 1. The highest BCUT2D eigenvalue weighted by molar-refractivity contribution is 5.75. The second-order valence-electron chi connectivity index (χ2n) is 4.46. The van der Waals surface area contributed by atoms with Crippen LogP contribution in [0.4, 0.5) is 11.5 Å².